The summed E-state index contributed by atoms with van der Waals surface area (Å²) in [6, 6.07) is 12.8. The Labute approximate surface area is 139 Å². The molecule has 0 fully saturated rings. The van der Waals surface area contributed by atoms with Gasteiger partial charge in [-0.25, -0.2) is 0 Å². The van der Waals surface area contributed by atoms with Crippen LogP contribution in [0.25, 0.3) is 0 Å². The van der Waals surface area contributed by atoms with Crippen LogP contribution in [0.4, 0.5) is 0 Å². The first kappa shape index (κ1) is 14.8. The van der Waals surface area contributed by atoms with Crippen LogP contribution in [0.3, 0.4) is 0 Å². The zero-order valence-electron chi connectivity index (χ0n) is 11.0. The highest BCUT2D eigenvalue weighted by molar-refractivity contribution is 9.11. The molecule has 0 aromatic heterocycles. The van der Waals surface area contributed by atoms with Crippen LogP contribution in [0.15, 0.2) is 51.4 Å². The summed E-state index contributed by atoms with van der Waals surface area (Å²) in [6.45, 7) is 0. The van der Waals surface area contributed by atoms with Gasteiger partial charge in [0.05, 0.1) is 12.1 Å². The molecule has 0 radical (unpaired) electrons. The van der Waals surface area contributed by atoms with Gasteiger partial charge in [0.2, 0.25) is 0 Å². The number of halogens is 2. The number of hydrogen-bond donors (Lipinski definition) is 2. The van der Waals surface area contributed by atoms with Gasteiger partial charge in [-0.1, -0.05) is 56.1 Å². The summed E-state index contributed by atoms with van der Waals surface area (Å²) < 4.78 is 1.66. The van der Waals surface area contributed by atoms with E-state index in [2.05, 4.69) is 37.2 Å². The first-order valence-electron chi connectivity index (χ1n) is 6.57. The van der Waals surface area contributed by atoms with Gasteiger partial charge in [0, 0.05) is 20.9 Å². The van der Waals surface area contributed by atoms with Crippen LogP contribution >= 0.6 is 31.9 Å². The lowest BCUT2D eigenvalue weighted by Gasteiger charge is -2.18. The van der Waals surface area contributed by atoms with Crippen LogP contribution in [0.2, 0.25) is 0 Å². The SMILES string of the molecule is O=C(N[C@@H]1c2ccccc2C[C@@H]1O)c1cc(Br)cc(Br)c1. The van der Waals surface area contributed by atoms with Crippen LogP contribution in [0.5, 0.6) is 0 Å². The first-order chi connectivity index (χ1) is 10.0. The van der Waals surface area contributed by atoms with Crippen molar-refractivity contribution in [1.29, 1.82) is 0 Å². The molecule has 0 saturated carbocycles. The Balaban J connectivity index is 1.85. The molecule has 21 heavy (non-hydrogen) atoms. The van der Waals surface area contributed by atoms with E-state index in [1.807, 2.05) is 30.3 Å². The van der Waals surface area contributed by atoms with Gasteiger partial charge in [-0.05, 0) is 29.3 Å². The number of benzene rings is 2. The average molecular weight is 411 g/mol. The lowest BCUT2D eigenvalue weighted by Crippen LogP contribution is -2.33. The lowest BCUT2D eigenvalue weighted by molar-refractivity contribution is 0.0858. The normalized spacial score (nSPS) is 20.1. The Morgan fingerprint density at radius 2 is 1.81 bits per heavy atom. The van der Waals surface area contributed by atoms with Gasteiger partial charge in [-0.3, -0.25) is 4.79 Å². The highest BCUT2D eigenvalue weighted by atomic mass is 79.9. The molecule has 2 N–H and O–H groups in total. The van der Waals surface area contributed by atoms with Crippen molar-refractivity contribution in [3.05, 3.63) is 68.1 Å². The second-order valence-corrected chi connectivity index (χ2v) is 6.91. The van der Waals surface area contributed by atoms with Crippen molar-refractivity contribution in [3.63, 3.8) is 0 Å². The predicted octanol–water partition coefficient (Wildman–Crippen LogP) is 3.60. The van der Waals surface area contributed by atoms with Crippen molar-refractivity contribution >= 4 is 37.8 Å². The van der Waals surface area contributed by atoms with Crippen LogP contribution in [-0.4, -0.2) is 17.1 Å². The monoisotopic (exact) mass is 409 g/mol. The van der Waals surface area contributed by atoms with Gasteiger partial charge >= 0.3 is 0 Å². The quantitative estimate of drug-likeness (QED) is 0.794. The maximum Gasteiger partial charge on any atom is 0.251 e. The zero-order valence-corrected chi connectivity index (χ0v) is 14.2. The number of carbonyl (C=O) groups excluding carboxylic acids is 1. The van der Waals surface area contributed by atoms with Crippen molar-refractivity contribution in [3.8, 4) is 0 Å². The van der Waals surface area contributed by atoms with Crippen molar-refractivity contribution in [2.24, 2.45) is 0 Å². The molecule has 5 heteroatoms. The van der Waals surface area contributed by atoms with Gasteiger partial charge < -0.3 is 10.4 Å². The average Bonchev–Trinajstić information content (AvgIpc) is 2.74. The molecule has 2 aromatic carbocycles. The molecule has 0 bridgehead atoms. The molecule has 2 aromatic rings. The zero-order chi connectivity index (χ0) is 15.0. The van der Waals surface area contributed by atoms with E-state index < -0.39 is 6.10 Å². The van der Waals surface area contributed by atoms with Gasteiger partial charge in [0.15, 0.2) is 0 Å². The molecule has 1 aliphatic carbocycles. The van der Waals surface area contributed by atoms with E-state index >= 15 is 0 Å². The second-order valence-electron chi connectivity index (χ2n) is 5.08. The van der Waals surface area contributed by atoms with Crippen molar-refractivity contribution in [1.82, 2.24) is 5.32 Å². The largest absolute Gasteiger partial charge is 0.390 e. The van der Waals surface area contributed by atoms with Crippen molar-refractivity contribution < 1.29 is 9.90 Å². The van der Waals surface area contributed by atoms with E-state index in [0.29, 0.717) is 12.0 Å². The van der Waals surface area contributed by atoms with E-state index in [-0.39, 0.29) is 11.9 Å². The number of nitrogens with one attached hydrogen (secondary N) is 1. The van der Waals surface area contributed by atoms with E-state index in [1.165, 1.54) is 0 Å². The van der Waals surface area contributed by atoms with Crippen LogP contribution in [-0.2, 0) is 6.42 Å². The second kappa shape index (κ2) is 5.91. The number of carbonyl (C=O) groups is 1. The molecule has 0 heterocycles. The molecule has 2 atom stereocenters. The van der Waals surface area contributed by atoms with E-state index in [1.54, 1.807) is 12.1 Å². The summed E-state index contributed by atoms with van der Waals surface area (Å²) in [6.07, 6.45) is -0.00882. The molecule has 0 aliphatic heterocycles. The summed E-state index contributed by atoms with van der Waals surface area (Å²) in [5, 5.41) is 13.1. The number of aliphatic hydroxyl groups excluding tert-OH is 1. The molecule has 3 rings (SSSR count). The molecule has 3 nitrogen and oxygen atoms in total. The Morgan fingerprint density at radius 1 is 1.14 bits per heavy atom. The smallest absolute Gasteiger partial charge is 0.251 e. The van der Waals surface area contributed by atoms with Crippen LogP contribution in [0, 0.1) is 0 Å². The molecule has 108 valence electrons. The molecular weight excluding hydrogens is 398 g/mol. The third-order valence-corrected chi connectivity index (χ3v) is 4.53. The summed E-state index contributed by atoms with van der Waals surface area (Å²) in [5.74, 6) is -0.197. The summed E-state index contributed by atoms with van der Waals surface area (Å²) in [5.41, 5.74) is 2.63. The number of fused-ring (bicyclic) bond motifs is 1. The fourth-order valence-corrected chi connectivity index (χ4v) is 3.95. The molecular formula is C16H13Br2NO2. The van der Waals surface area contributed by atoms with Crippen LogP contribution < -0.4 is 5.32 Å². The highest BCUT2D eigenvalue weighted by Gasteiger charge is 2.32. The number of hydrogen-bond acceptors (Lipinski definition) is 2. The number of aliphatic hydroxyl groups is 1. The van der Waals surface area contributed by atoms with Crippen molar-refractivity contribution in [2.45, 2.75) is 18.6 Å². The topological polar surface area (TPSA) is 49.3 Å². The molecule has 1 aliphatic rings. The number of rotatable bonds is 2. The summed E-state index contributed by atoms with van der Waals surface area (Å²) >= 11 is 6.74. The number of amides is 1. The van der Waals surface area contributed by atoms with E-state index in [9.17, 15) is 9.90 Å². The third-order valence-electron chi connectivity index (χ3n) is 3.62. The Kier molecular flexibility index (Phi) is 4.15. The summed E-state index contributed by atoms with van der Waals surface area (Å²) in [4.78, 5) is 12.4. The molecule has 1 amide bonds. The summed E-state index contributed by atoms with van der Waals surface area (Å²) in [7, 11) is 0. The minimum atomic E-state index is -0.582. The maximum absolute atomic E-state index is 12.4. The van der Waals surface area contributed by atoms with E-state index in [0.717, 1.165) is 20.1 Å². The van der Waals surface area contributed by atoms with Gasteiger partial charge in [-0.2, -0.15) is 0 Å². The van der Waals surface area contributed by atoms with Crippen molar-refractivity contribution in [2.75, 3.05) is 0 Å². The minimum Gasteiger partial charge on any atom is -0.390 e. The highest BCUT2D eigenvalue weighted by Crippen LogP contribution is 2.31. The Hall–Kier alpha value is -1.17. The Bertz CT molecular complexity index is 682. The third kappa shape index (κ3) is 3.05. The molecule has 0 saturated heterocycles. The lowest BCUT2D eigenvalue weighted by atomic mass is 10.1. The Morgan fingerprint density at radius 3 is 2.52 bits per heavy atom. The minimum absolute atomic E-state index is 0.197. The van der Waals surface area contributed by atoms with Crippen LogP contribution in [0.1, 0.15) is 27.5 Å². The molecule has 0 spiro atoms. The predicted molar refractivity (Wildman–Crippen MR) is 88.2 cm³/mol. The fourth-order valence-electron chi connectivity index (χ4n) is 2.66. The molecule has 0 unspecified atom stereocenters. The fraction of sp³-hybridized carbons (Fsp3) is 0.188. The van der Waals surface area contributed by atoms with Gasteiger partial charge in [0.1, 0.15) is 0 Å². The first-order valence-corrected chi connectivity index (χ1v) is 8.16. The van der Waals surface area contributed by atoms with E-state index in [4.69, 9.17) is 0 Å². The van der Waals surface area contributed by atoms with Gasteiger partial charge in [-0.15, -0.1) is 0 Å². The standard InChI is InChI=1S/C16H13Br2NO2/c17-11-5-10(6-12(18)8-11)16(21)19-15-13-4-2-1-3-9(13)7-14(15)20/h1-6,8,14-15,20H,7H2,(H,19,21)/t14-,15+/m0/s1. The van der Waals surface area contributed by atoms with Gasteiger partial charge in [0.25, 0.3) is 5.91 Å². The maximum atomic E-state index is 12.4.